The Morgan fingerprint density at radius 1 is 1.59 bits per heavy atom. The monoisotopic (exact) mass is 300 g/mol. The van der Waals surface area contributed by atoms with Crippen LogP contribution in [0.15, 0.2) is 18.2 Å². The Morgan fingerprint density at radius 2 is 2.24 bits per heavy atom. The number of benzene rings is 1. The van der Waals surface area contributed by atoms with Gasteiger partial charge in [-0.2, -0.15) is 0 Å². The van der Waals surface area contributed by atoms with Crippen LogP contribution in [0.25, 0.3) is 0 Å². The van der Waals surface area contributed by atoms with Gasteiger partial charge in [0, 0.05) is 29.1 Å². The van der Waals surface area contributed by atoms with Crippen LogP contribution in [0.3, 0.4) is 0 Å². The van der Waals surface area contributed by atoms with Crippen LogP contribution in [0, 0.1) is 17.0 Å². The van der Waals surface area contributed by atoms with Crippen LogP contribution in [0.1, 0.15) is 22.8 Å². The summed E-state index contributed by atoms with van der Waals surface area (Å²) in [6.07, 6.45) is 0. The molecular weight excluding hydrogens is 288 g/mol. The van der Waals surface area contributed by atoms with Crippen LogP contribution in [0.2, 0.25) is 0 Å². The van der Waals surface area contributed by atoms with Crippen molar-refractivity contribution in [3.05, 3.63) is 39.4 Å². The van der Waals surface area contributed by atoms with Gasteiger partial charge in [-0.15, -0.1) is 0 Å². The lowest BCUT2D eigenvalue weighted by Gasteiger charge is -2.11. The molecule has 0 aromatic heterocycles. The third-order valence-corrected chi connectivity index (χ3v) is 3.25. The summed E-state index contributed by atoms with van der Waals surface area (Å²) in [6.45, 7) is 3.55. The topological polar surface area (TPSA) is 72.2 Å². The zero-order valence-corrected chi connectivity index (χ0v) is 11.2. The molecule has 1 unspecified atom stereocenters. The predicted octanol–water partition coefficient (Wildman–Crippen LogP) is 2.42. The second-order valence-electron chi connectivity index (χ2n) is 3.79. The largest absolute Gasteiger partial charge is 0.349 e. The lowest BCUT2D eigenvalue weighted by molar-refractivity contribution is -0.384. The predicted molar refractivity (Wildman–Crippen MR) is 68.6 cm³/mol. The minimum absolute atomic E-state index is 0.00686. The van der Waals surface area contributed by atoms with Crippen molar-refractivity contribution >= 4 is 27.5 Å². The molecule has 1 aromatic carbocycles. The average molecular weight is 301 g/mol. The molecule has 6 heteroatoms. The zero-order valence-electron chi connectivity index (χ0n) is 9.57. The van der Waals surface area contributed by atoms with Crippen molar-refractivity contribution in [3.63, 3.8) is 0 Å². The van der Waals surface area contributed by atoms with Crippen LogP contribution in [0.4, 0.5) is 5.69 Å². The number of rotatable bonds is 4. The highest BCUT2D eigenvalue weighted by atomic mass is 79.9. The van der Waals surface area contributed by atoms with Gasteiger partial charge in [-0.3, -0.25) is 14.9 Å². The highest BCUT2D eigenvalue weighted by Crippen LogP contribution is 2.17. The zero-order chi connectivity index (χ0) is 13.0. The molecule has 1 N–H and O–H groups in total. The molecule has 5 nitrogen and oxygen atoms in total. The van der Waals surface area contributed by atoms with E-state index in [-0.39, 0.29) is 17.6 Å². The molecule has 1 atom stereocenters. The lowest BCUT2D eigenvalue weighted by Crippen LogP contribution is -2.33. The maximum atomic E-state index is 11.8. The number of alkyl halides is 1. The highest BCUT2D eigenvalue weighted by Gasteiger charge is 2.14. The third-order valence-electron chi connectivity index (χ3n) is 2.27. The van der Waals surface area contributed by atoms with Crippen molar-refractivity contribution in [3.8, 4) is 0 Å². The summed E-state index contributed by atoms with van der Waals surface area (Å²) >= 11 is 3.26. The van der Waals surface area contributed by atoms with Gasteiger partial charge in [0.15, 0.2) is 0 Å². The molecule has 1 amide bonds. The molecule has 0 radical (unpaired) electrons. The molecule has 17 heavy (non-hydrogen) atoms. The smallest absolute Gasteiger partial charge is 0.269 e. The number of nitrogens with one attached hydrogen (secondary N) is 1. The van der Waals surface area contributed by atoms with Crippen LogP contribution in [0.5, 0.6) is 0 Å². The number of carbonyl (C=O) groups excluding carboxylic acids is 1. The summed E-state index contributed by atoms with van der Waals surface area (Å²) in [6, 6.07) is 4.22. The average Bonchev–Trinajstić information content (AvgIpc) is 2.28. The van der Waals surface area contributed by atoms with Gasteiger partial charge >= 0.3 is 0 Å². The van der Waals surface area contributed by atoms with E-state index in [0.29, 0.717) is 16.5 Å². The summed E-state index contributed by atoms with van der Waals surface area (Å²) in [5, 5.41) is 14.0. The van der Waals surface area contributed by atoms with E-state index in [1.165, 1.54) is 18.2 Å². The van der Waals surface area contributed by atoms with Gasteiger partial charge in [0.05, 0.1) is 4.92 Å². The second-order valence-corrected chi connectivity index (χ2v) is 4.43. The van der Waals surface area contributed by atoms with Crippen LogP contribution in [-0.2, 0) is 0 Å². The number of hydrogen-bond donors (Lipinski definition) is 1. The molecule has 0 aliphatic rings. The number of carbonyl (C=O) groups is 1. The summed E-state index contributed by atoms with van der Waals surface area (Å²) in [4.78, 5) is 21.9. The van der Waals surface area contributed by atoms with Crippen LogP contribution >= 0.6 is 15.9 Å². The summed E-state index contributed by atoms with van der Waals surface area (Å²) in [7, 11) is 0. The van der Waals surface area contributed by atoms with Gasteiger partial charge < -0.3 is 5.32 Å². The minimum atomic E-state index is -0.476. The first-order valence-electron chi connectivity index (χ1n) is 5.07. The normalized spacial score (nSPS) is 11.9. The standard InChI is InChI=1S/C11H13BrN2O3/c1-7-5-9(14(16)17)3-4-10(7)11(15)13-8(2)6-12/h3-5,8H,6H2,1-2H3,(H,13,15). The first kappa shape index (κ1) is 13.6. The number of nitro groups is 1. The van der Waals surface area contributed by atoms with Crippen LogP contribution < -0.4 is 5.32 Å². The number of halogens is 1. The lowest BCUT2D eigenvalue weighted by atomic mass is 10.1. The molecule has 1 rings (SSSR count). The molecule has 0 heterocycles. The molecule has 0 bridgehead atoms. The maximum Gasteiger partial charge on any atom is 0.269 e. The van der Waals surface area contributed by atoms with E-state index < -0.39 is 4.92 Å². The van der Waals surface area contributed by atoms with E-state index in [2.05, 4.69) is 21.2 Å². The molecule has 0 saturated heterocycles. The number of non-ortho nitro benzene ring substituents is 1. The van der Waals surface area contributed by atoms with Gasteiger partial charge in [0.1, 0.15) is 0 Å². The van der Waals surface area contributed by atoms with Crippen molar-refractivity contribution < 1.29 is 9.72 Å². The van der Waals surface area contributed by atoms with E-state index in [1.54, 1.807) is 6.92 Å². The number of nitrogens with zero attached hydrogens (tertiary/aromatic N) is 1. The van der Waals surface area contributed by atoms with Crippen molar-refractivity contribution in [1.82, 2.24) is 5.32 Å². The van der Waals surface area contributed by atoms with Crippen molar-refractivity contribution in [1.29, 1.82) is 0 Å². The Labute approximate surface area is 107 Å². The maximum absolute atomic E-state index is 11.8. The summed E-state index contributed by atoms with van der Waals surface area (Å²) in [5.41, 5.74) is 1.05. The number of nitro benzene ring substituents is 1. The Kier molecular flexibility index (Phi) is 4.62. The van der Waals surface area contributed by atoms with E-state index in [4.69, 9.17) is 0 Å². The number of hydrogen-bond acceptors (Lipinski definition) is 3. The van der Waals surface area contributed by atoms with Gasteiger partial charge in [0.25, 0.3) is 11.6 Å². The number of amides is 1. The second kappa shape index (κ2) is 5.77. The third kappa shape index (κ3) is 3.52. The minimum Gasteiger partial charge on any atom is -0.349 e. The first-order valence-corrected chi connectivity index (χ1v) is 6.19. The number of aryl methyl sites for hydroxylation is 1. The molecule has 0 aliphatic heterocycles. The van der Waals surface area contributed by atoms with Crippen molar-refractivity contribution in [2.75, 3.05) is 5.33 Å². The van der Waals surface area contributed by atoms with Gasteiger partial charge in [-0.1, -0.05) is 15.9 Å². The van der Waals surface area contributed by atoms with Crippen LogP contribution in [-0.4, -0.2) is 22.2 Å². The SMILES string of the molecule is Cc1cc([N+](=O)[O-])ccc1C(=O)NC(C)CBr. The summed E-state index contributed by atoms with van der Waals surface area (Å²) < 4.78 is 0. The Bertz CT molecular complexity index is 448. The fourth-order valence-electron chi connectivity index (χ4n) is 1.36. The first-order chi connectivity index (χ1) is 7.95. The van der Waals surface area contributed by atoms with Gasteiger partial charge in [0.2, 0.25) is 0 Å². The molecule has 0 saturated carbocycles. The molecule has 0 spiro atoms. The molecule has 0 fully saturated rings. The van der Waals surface area contributed by atoms with E-state index in [0.717, 1.165) is 0 Å². The Balaban J connectivity index is 2.92. The highest BCUT2D eigenvalue weighted by molar-refractivity contribution is 9.09. The van der Waals surface area contributed by atoms with E-state index in [1.807, 2.05) is 6.92 Å². The molecule has 1 aromatic rings. The van der Waals surface area contributed by atoms with E-state index >= 15 is 0 Å². The fourth-order valence-corrected chi connectivity index (χ4v) is 1.52. The van der Waals surface area contributed by atoms with Crippen molar-refractivity contribution in [2.45, 2.75) is 19.9 Å². The molecule has 92 valence electrons. The fraction of sp³-hybridized carbons (Fsp3) is 0.364. The Hall–Kier alpha value is -1.43. The Morgan fingerprint density at radius 3 is 2.71 bits per heavy atom. The quantitative estimate of drug-likeness (QED) is 0.527. The van der Waals surface area contributed by atoms with E-state index in [9.17, 15) is 14.9 Å². The molecular formula is C11H13BrN2O3. The van der Waals surface area contributed by atoms with Gasteiger partial charge in [-0.25, -0.2) is 0 Å². The van der Waals surface area contributed by atoms with Gasteiger partial charge in [-0.05, 0) is 25.5 Å². The molecule has 0 aliphatic carbocycles. The summed E-state index contributed by atoms with van der Waals surface area (Å²) in [5.74, 6) is -0.218. The van der Waals surface area contributed by atoms with Crippen molar-refractivity contribution in [2.24, 2.45) is 0 Å².